The van der Waals surface area contributed by atoms with Crippen molar-refractivity contribution in [3.05, 3.63) is 46.7 Å². The van der Waals surface area contributed by atoms with Crippen molar-refractivity contribution >= 4 is 23.4 Å². The predicted octanol–water partition coefficient (Wildman–Crippen LogP) is 2.43. The lowest BCUT2D eigenvalue weighted by atomic mass is 9.99. The van der Waals surface area contributed by atoms with Gasteiger partial charge in [0.05, 0.1) is 6.20 Å². The zero-order valence-corrected chi connectivity index (χ0v) is 16.4. The van der Waals surface area contributed by atoms with Crippen molar-refractivity contribution < 1.29 is 9.59 Å². The fourth-order valence-corrected chi connectivity index (χ4v) is 3.63. The van der Waals surface area contributed by atoms with Gasteiger partial charge in [0.1, 0.15) is 6.54 Å². The third-order valence-electron chi connectivity index (χ3n) is 4.97. The maximum Gasteiger partial charge on any atom is 0.276 e. The molecule has 0 spiro atoms. The van der Waals surface area contributed by atoms with Gasteiger partial charge in [-0.1, -0.05) is 28.9 Å². The van der Waals surface area contributed by atoms with Gasteiger partial charge in [-0.15, -0.1) is 5.10 Å². The van der Waals surface area contributed by atoms with Crippen LogP contribution in [0.4, 0.5) is 0 Å². The molecular weight excluding hydrogens is 366 g/mol. The van der Waals surface area contributed by atoms with Gasteiger partial charge in [0.2, 0.25) is 5.91 Å². The quantitative estimate of drug-likeness (QED) is 0.760. The molecule has 1 aromatic heterocycles. The lowest BCUT2D eigenvalue weighted by Crippen LogP contribution is -2.33. The summed E-state index contributed by atoms with van der Waals surface area (Å²) in [5, 5.41) is 8.62. The maximum atomic E-state index is 12.7. The van der Waals surface area contributed by atoms with Crippen LogP contribution in [0.15, 0.2) is 30.5 Å². The summed E-state index contributed by atoms with van der Waals surface area (Å²) in [7, 11) is 0. The van der Waals surface area contributed by atoms with E-state index in [2.05, 4.69) is 10.3 Å². The van der Waals surface area contributed by atoms with Crippen LogP contribution in [0.3, 0.4) is 0 Å². The number of hydrogen-bond donors (Lipinski definition) is 0. The average molecular weight is 390 g/mol. The van der Waals surface area contributed by atoms with Crippen molar-refractivity contribution in [3.8, 4) is 0 Å². The highest BCUT2D eigenvalue weighted by Crippen LogP contribution is 2.29. The predicted molar refractivity (Wildman–Crippen MR) is 103 cm³/mol. The van der Waals surface area contributed by atoms with Crippen LogP contribution in [0.1, 0.15) is 42.2 Å². The van der Waals surface area contributed by atoms with Crippen LogP contribution >= 0.6 is 11.6 Å². The van der Waals surface area contributed by atoms with Gasteiger partial charge in [-0.2, -0.15) is 0 Å². The fraction of sp³-hybridized carbons (Fsp3) is 0.474. The van der Waals surface area contributed by atoms with Crippen molar-refractivity contribution in [1.29, 1.82) is 0 Å². The van der Waals surface area contributed by atoms with Crippen LogP contribution in [0, 0.1) is 0 Å². The lowest BCUT2D eigenvalue weighted by Gasteiger charge is -2.18. The van der Waals surface area contributed by atoms with E-state index in [0.29, 0.717) is 31.2 Å². The van der Waals surface area contributed by atoms with E-state index in [1.54, 1.807) is 16.0 Å². The van der Waals surface area contributed by atoms with Gasteiger partial charge in [0, 0.05) is 37.1 Å². The number of aromatic nitrogens is 3. The van der Waals surface area contributed by atoms with Crippen LogP contribution in [0.5, 0.6) is 0 Å². The van der Waals surface area contributed by atoms with E-state index in [-0.39, 0.29) is 30.0 Å². The number of carbonyl (C=O) groups is 2. The summed E-state index contributed by atoms with van der Waals surface area (Å²) < 4.78 is 1.43. The second-order valence-corrected chi connectivity index (χ2v) is 7.10. The highest BCUT2D eigenvalue weighted by molar-refractivity contribution is 6.30. The molecule has 0 bridgehead atoms. The van der Waals surface area contributed by atoms with Gasteiger partial charge < -0.3 is 9.80 Å². The molecule has 1 saturated heterocycles. The van der Waals surface area contributed by atoms with Crippen molar-refractivity contribution in [2.45, 2.75) is 32.7 Å². The zero-order chi connectivity index (χ0) is 19.4. The van der Waals surface area contributed by atoms with Crippen molar-refractivity contribution in [1.82, 2.24) is 24.8 Å². The first kappa shape index (κ1) is 19.4. The number of hydrogen-bond acceptors (Lipinski definition) is 4. The van der Waals surface area contributed by atoms with Gasteiger partial charge >= 0.3 is 0 Å². The second-order valence-electron chi connectivity index (χ2n) is 6.66. The van der Waals surface area contributed by atoms with Crippen molar-refractivity contribution in [3.63, 3.8) is 0 Å². The molecule has 144 valence electrons. The molecule has 1 unspecified atom stereocenters. The average Bonchev–Trinajstić information content (AvgIpc) is 3.32. The molecular formula is C19H24ClN5O2. The van der Waals surface area contributed by atoms with Crippen LogP contribution in [-0.2, 0) is 11.3 Å². The molecule has 0 N–H and O–H groups in total. The lowest BCUT2D eigenvalue weighted by molar-refractivity contribution is -0.131. The molecule has 0 saturated carbocycles. The first-order valence-electron chi connectivity index (χ1n) is 9.24. The minimum atomic E-state index is -0.152. The molecule has 1 aliphatic heterocycles. The van der Waals surface area contributed by atoms with Gasteiger partial charge in [-0.3, -0.25) is 9.59 Å². The molecule has 1 aromatic carbocycles. The van der Waals surface area contributed by atoms with Gasteiger partial charge in [0.25, 0.3) is 5.91 Å². The Morgan fingerprint density at radius 3 is 2.78 bits per heavy atom. The van der Waals surface area contributed by atoms with Gasteiger partial charge in [0.15, 0.2) is 5.69 Å². The highest BCUT2D eigenvalue weighted by Gasteiger charge is 2.29. The molecule has 1 aliphatic rings. The van der Waals surface area contributed by atoms with E-state index in [1.165, 1.54) is 4.68 Å². The normalized spacial score (nSPS) is 16.6. The van der Waals surface area contributed by atoms with Crippen LogP contribution in [0.2, 0.25) is 5.02 Å². The Bertz CT molecular complexity index is 818. The molecule has 1 fully saturated rings. The number of likely N-dealkylation sites (N-methyl/N-ethyl adjacent to an activating group) is 1. The van der Waals surface area contributed by atoms with Crippen molar-refractivity contribution in [2.24, 2.45) is 0 Å². The summed E-state index contributed by atoms with van der Waals surface area (Å²) in [6.07, 6.45) is 2.44. The summed E-state index contributed by atoms with van der Waals surface area (Å²) in [6, 6.07) is 7.77. The molecule has 3 rings (SSSR count). The molecule has 1 atom stereocenters. The van der Waals surface area contributed by atoms with E-state index < -0.39 is 0 Å². The van der Waals surface area contributed by atoms with E-state index >= 15 is 0 Å². The van der Waals surface area contributed by atoms with E-state index in [0.717, 1.165) is 12.0 Å². The summed E-state index contributed by atoms with van der Waals surface area (Å²) in [4.78, 5) is 28.4. The molecule has 2 heterocycles. The smallest absolute Gasteiger partial charge is 0.276 e. The SMILES string of the molecule is CCN(CC)C(=O)Cn1cc(C(=O)N2CCC(c3cccc(Cl)c3)C2)nn1. The summed E-state index contributed by atoms with van der Waals surface area (Å²) in [5.41, 5.74) is 1.42. The Morgan fingerprint density at radius 2 is 2.07 bits per heavy atom. The third-order valence-corrected chi connectivity index (χ3v) is 5.20. The van der Waals surface area contributed by atoms with Crippen molar-refractivity contribution in [2.75, 3.05) is 26.2 Å². The third kappa shape index (κ3) is 4.47. The second kappa shape index (κ2) is 8.52. The van der Waals surface area contributed by atoms with Crippen LogP contribution in [0.25, 0.3) is 0 Å². The zero-order valence-electron chi connectivity index (χ0n) is 15.6. The number of rotatable bonds is 6. The van der Waals surface area contributed by atoms with E-state index in [4.69, 9.17) is 11.6 Å². The number of nitrogens with zero attached hydrogens (tertiary/aromatic N) is 5. The Hall–Kier alpha value is -2.41. The number of likely N-dealkylation sites (tertiary alicyclic amines) is 1. The van der Waals surface area contributed by atoms with Gasteiger partial charge in [-0.05, 0) is 38.0 Å². The van der Waals surface area contributed by atoms with E-state index in [9.17, 15) is 9.59 Å². The minimum absolute atomic E-state index is 0.0360. The monoisotopic (exact) mass is 389 g/mol. The summed E-state index contributed by atoms with van der Waals surface area (Å²) in [6.45, 7) is 6.55. The number of amides is 2. The Labute approximate surface area is 163 Å². The maximum absolute atomic E-state index is 12.7. The molecule has 0 radical (unpaired) electrons. The number of halogens is 1. The molecule has 2 amide bonds. The van der Waals surface area contributed by atoms with Crippen LogP contribution in [-0.4, -0.2) is 62.8 Å². The number of benzene rings is 1. The standard InChI is InChI=1S/C19H24ClN5O2/c1-3-23(4-2)18(26)13-25-12-17(21-22-25)19(27)24-9-8-15(11-24)14-6-5-7-16(20)10-14/h5-7,10,12,15H,3-4,8-9,11,13H2,1-2H3. The molecule has 8 heteroatoms. The molecule has 2 aromatic rings. The van der Waals surface area contributed by atoms with E-state index in [1.807, 2.05) is 38.1 Å². The topological polar surface area (TPSA) is 71.3 Å². The Kier molecular flexibility index (Phi) is 6.11. The van der Waals surface area contributed by atoms with Gasteiger partial charge in [-0.25, -0.2) is 4.68 Å². The summed E-state index contributed by atoms with van der Waals surface area (Å²) in [5.74, 6) is 0.0825. The first-order valence-corrected chi connectivity index (χ1v) is 9.62. The van der Waals surface area contributed by atoms with Crippen LogP contribution < -0.4 is 0 Å². The molecule has 0 aliphatic carbocycles. The highest BCUT2D eigenvalue weighted by atomic mass is 35.5. The number of carbonyl (C=O) groups excluding carboxylic acids is 2. The molecule has 27 heavy (non-hydrogen) atoms. The Morgan fingerprint density at radius 1 is 1.30 bits per heavy atom. The fourth-order valence-electron chi connectivity index (χ4n) is 3.43. The first-order chi connectivity index (χ1) is 13.0. The Balaban J connectivity index is 1.62. The molecule has 7 nitrogen and oxygen atoms in total. The largest absolute Gasteiger partial charge is 0.342 e. The summed E-state index contributed by atoms with van der Waals surface area (Å²) >= 11 is 6.07. The minimum Gasteiger partial charge on any atom is -0.342 e.